The number of hydrogen-bond donors (Lipinski definition) is 1. The number of carbonyl (C=O) groups is 2. The minimum absolute atomic E-state index is 0.0446. The molecule has 7 heteroatoms. The molecule has 1 atom stereocenters. The van der Waals surface area contributed by atoms with Gasteiger partial charge in [0.25, 0.3) is 11.8 Å². The topological polar surface area (TPSA) is 58.6 Å². The van der Waals surface area contributed by atoms with Crippen molar-refractivity contribution in [3.63, 3.8) is 0 Å². The van der Waals surface area contributed by atoms with Crippen LogP contribution < -0.4 is 10.2 Å². The zero-order valence-electron chi connectivity index (χ0n) is 13.2. The first kappa shape index (κ1) is 17.4. The summed E-state index contributed by atoms with van der Waals surface area (Å²) in [6.07, 6.45) is -0.396. The fraction of sp³-hybridized carbons (Fsp3) is 0.222. The lowest BCUT2D eigenvalue weighted by molar-refractivity contribution is -0.129. The van der Waals surface area contributed by atoms with Crippen molar-refractivity contribution in [2.75, 3.05) is 24.6 Å². The minimum atomic E-state index is -0.685. The number of nitrogens with zero attached hydrogens (tertiary/aromatic N) is 1. The number of rotatable bonds is 4. The Labute approximate surface area is 149 Å². The standard InChI is InChI=1S/C18H16ClFN2O3/c19-14-7-4-8-15(20)17(14)18(24)21-9-13-10-22(16(23)11-25-13)12-5-2-1-3-6-12/h1-8,13H,9-11H2,(H,21,24). The van der Waals surface area contributed by atoms with Gasteiger partial charge in [-0.3, -0.25) is 9.59 Å². The van der Waals surface area contributed by atoms with Crippen LogP contribution in [0, 0.1) is 5.82 Å². The number of benzene rings is 2. The average molecular weight is 363 g/mol. The van der Waals surface area contributed by atoms with Crippen LogP contribution in [-0.2, 0) is 9.53 Å². The molecular formula is C18H16ClFN2O3. The fourth-order valence-corrected chi connectivity index (χ4v) is 2.86. The Morgan fingerprint density at radius 3 is 2.72 bits per heavy atom. The number of ether oxygens (including phenoxy) is 1. The molecule has 0 saturated carbocycles. The molecule has 1 fully saturated rings. The Morgan fingerprint density at radius 2 is 2.00 bits per heavy atom. The summed E-state index contributed by atoms with van der Waals surface area (Å²) in [6, 6.07) is 13.3. The van der Waals surface area contributed by atoms with E-state index in [1.165, 1.54) is 18.2 Å². The number of morpholine rings is 1. The highest BCUT2D eigenvalue weighted by Crippen LogP contribution is 2.20. The third-order valence-corrected chi connectivity index (χ3v) is 4.19. The molecule has 1 N–H and O–H groups in total. The zero-order chi connectivity index (χ0) is 17.8. The third-order valence-electron chi connectivity index (χ3n) is 3.88. The molecule has 2 aromatic carbocycles. The number of nitrogens with one attached hydrogen (secondary N) is 1. The number of para-hydroxylation sites is 1. The van der Waals surface area contributed by atoms with E-state index in [9.17, 15) is 14.0 Å². The lowest BCUT2D eigenvalue weighted by Gasteiger charge is -2.32. The highest BCUT2D eigenvalue weighted by molar-refractivity contribution is 6.33. The Bertz CT molecular complexity index is 765. The van der Waals surface area contributed by atoms with Gasteiger partial charge in [0.2, 0.25) is 0 Å². The Kier molecular flexibility index (Phi) is 5.31. The van der Waals surface area contributed by atoms with Gasteiger partial charge < -0.3 is 15.0 Å². The van der Waals surface area contributed by atoms with E-state index in [0.29, 0.717) is 6.54 Å². The van der Waals surface area contributed by atoms with Crippen LogP contribution in [-0.4, -0.2) is 37.6 Å². The molecule has 1 heterocycles. The maximum absolute atomic E-state index is 13.8. The molecule has 3 rings (SSSR count). The van der Waals surface area contributed by atoms with Crippen molar-refractivity contribution in [2.24, 2.45) is 0 Å². The molecule has 2 aromatic rings. The maximum atomic E-state index is 13.8. The second-order valence-electron chi connectivity index (χ2n) is 5.58. The molecule has 0 bridgehead atoms. The normalized spacial score (nSPS) is 17.4. The van der Waals surface area contributed by atoms with Crippen molar-refractivity contribution < 1.29 is 18.7 Å². The third kappa shape index (κ3) is 3.97. The molecule has 0 aliphatic carbocycles. The van der Waals surface area contributed by atoms with Gasteiger partial charge in [0.05, 0.1) is 23.2 Å². The molecule has 1 saturated heterocycles. The first-order chi connectivity index (χ1) is 12.1. The van der Waals surface area contributed by atoms with E-state index in [-0.39, 0.29) is 29.6 Å². The second-order valence-corrected chi connectivity index (χ2v) is 5.99. The first-order valence-corrected chi connectivity index (χ1v) is 8.13. The summed E-state index contributed by atoms with van der Waals surface area (Å²) in [6.45, 7) is 0.365. The fourth-order valence-electron chi connectivity index (χ4n) is 2.62. The SMILES string of the molecule is O=C(NCC1CN(c2ccccc2)C(=O)CO1)c1c(F)cccc1Cl. The van der Waals surface area contributed by atoms with E-state index in [1.54, 1.807) is 4.90 Å². The number of amides is 2. The summed E-state index contributed by atoms with van der Waals surface area (Å²) >= 11 is 5.88. The zero-order valence-corrected chi connectivity index (χ0v) is 14.0. The summed E-state index contributed by atoms with van der Waals surface area (Å²) in [4.78, 5) is 25.8. The summed E-state index contributed by atoms with van der Waals surface area (Å²) in [5.74, 6) is -1.45. The number of carbonyl (C=O) groups excluding carboxylic acids is 2. The highest BCUT2D eigenvalue weighted by Gasteiger charge is 2.28. The predicted molar refractivity (Wildman–Crippen MR) is 92.3 cm³/mol. The molecule has 25 heavy (non-hydrogen) atoms. The van der Waals surface area contributed by atoms with Crippen molar-refractivity contribution >= 4 is 29.1 Å². The maximum Gasteiger partial charge on any atom is 0.255 e. The highest BCUT2D eigenvalue weighted by atomic mass is 35.5. The largest absolute Gasteiger partial charge is 0.365 e. The van der Waals surface area contributed by atoms with E-state index in [4.69, 9.17) is 16.3 Å². The van der Waals surface area contributed by atoms with Crippen LogP contribution in [0.15, 0.2) is 48.5 Å². The molecule has 5 nitrogen and oxygen atoms in total. The van der Waals surface area contributed by atoms with Gasteiger partial charge in [-0.1, -0.05) is 35.9 Å². The molecule has 1 aliphatic rings. The smallest absolute Gasteiger partial charge is 0.255 e. The molecule has 0 aromatic heterocycles. The number of hydrogen-bond acceptors (Lipinski definition) is 3. The minimum Gasteiger partial charge on any atom is -0.365 e. The van der Waals surface area contributed by atoms with Gasteiger partial charge in [-0.25, -0.2) is 4.39 Å². The first-order valence-electron chi connectivity index (χ1n) is 7.75. The van der Waals surface area contributed by atoms with Gasteiger partial charge in [-0.2, -0.15) is 0 Å². The number of halogens is 2. The molecule has 130 valence electrons. The van der Waals surface area contributed by atoms with Crippen LogP contribution >= 0.6 is 11.6 Å². The molecule has 1 unspecified atom stereocenters. The monoisotopic (exact) mass is 362 g/mol. The lowest BCUT2D eigenvalue weighted by atomic mass is 10.2. The van der Waals surface area contributed by atoms with Gasteiger partial charge in [0.15, 0.2) is 0 Å². The van der Waals surface area contributed by atoms with Gasteiger partial charge in [0.1, 0.15) is 12.4 Å². The van der Waals surface area contributed by atoms with Crippen molar-refractivity contribution in [1.82, 2.24) is 5.32 Å². The van der Waals surface area contributed by atoms with Crippen molar-refractivity contribution in [1.29, 1.82) is 0 Å². The molecule has 0 radical (unpaired) electrons. The van der Waals surface area contributed by atoms with Crippen molar-refractivity contribution in [3.8, 4) is 0 Å². The van der Waals surface area contributed by atoms with E-state index < -0.39 is 17.8 Å². The van der Waals surface area contributed by atoms with Gasteiger partial charge in [0, 0.05) is 12.2 Å². The van der Waals surface area contributed by atoms with Gasteiger partial charge in [-0.05, 0) is 24.3 Å². The van der Waals surface area contributed by atoms with Gasteiger partial charge in [-0.15, -0.1) is 0 Å². The van der Waals surface area contributed by atoms with E-state index in [1.807, 2.05) is 30.3 Å². The predicted octanol–water partition coefficient (Wildman–Crippen LogP) is 2.64. The average Bonchev–Trinajstić information content (AvgIpc) is 2.61. The van der Waals surface area contributed by atoms with Crippen molar-refractivity contribution in [3.05, 3.63) is 64.9 Å². The quantitative estimate of drug-likeness (QED) is 0.909. The van der Waals surface area contributed by atoms with E-state index in [2.05, 4.69) is 5.32 Å². The van der Waals surface area contributed by atoms with E-state index >= 15 is 0 Å². The van der Waals surface area contributed by atoms with Gasteiger partial charge >= 0.3 is 0 Å². The summed E-state index contributed by atoms with van der Waals surface area (Å²) in [7, 11) is 0. The molecule has 1 aliphatic heterocycles. The molecule has 2 amide bonds. The van der Waals surface area contributed by atoms with Crippen LogP contribution in [0.2, 0.25) is 5.02 Å². The van der Waals surface area contributed by atoms with Crippen LogP contribution in [0.4, 0.5) is 10.1 Å². The molecule has 0 spiro atoms. The van der Waals surface area contributed by atoms with Crippen LogP contribution in [0.1, 0.15) is 10.4 Å². The second kappa shape index (κ2) is 7.63. The van der Waals surface area contributed by atoms with Crippen molar-refractivity contribution in [2.45, 2.75) is 6.10 Å². The lowest BCUT2D eigenvalue weighted by Crippen LogP contribution is -2.50. The van der Waals surface area contributed by atoms with Crippen LogP contribution in [0.3, 0.4) is 0 Å². The summed E-state index contributed by atoms with van der Waals surface area (Å²) in [5, 5.41) is 2.66. The molecular weight excluding hydrogens is 347 g/mol. The van der Waals surface area contributed by atoms with Crippen LogP contribution in [0.5, 0.6) is 0 Å². The number of anilines is 1. The Morgan fingerprint density at radius 1 is 1.24 bits per heavy atom. The Hall–Kier alpha value is -2.44. The summed E-state index contributed by atoms with van der Waals surface area (Å²) < 4.78 is 19.2. The summed E-state index contributed by atoms with van der Waals surface area (Å²) in [5.41, 5.74) is 0.570. The van der Waals surface area contributed by atoms with E-state index in [0.717, 1.165) is 5.69 Å². The Balaban J connectivity index is 1.64. The van der Waals surface area contributed by atoms with Crippen LogP contribution in [0.25, 0.3) is 0 Å².